The molecule has 132 valence electrons. The van der Waals surface area contributed by atoms with Gasteiger partial charge in [-0.25, -0.2) is 4.98 Å². The summed E-state index contributed by atoms with van der Waals surface area (Å²) < 4.78 is 0. The molecule has 0 bridgehead atoms. The summed E-state index contributed by atoms with van der Waals surface area (Å²) in [5, 5.41) is 1.13. The van der Waals surface area contributed by atoms with Crippen LogP contribution >= 0.6 is 0 Å². The molecule has 2 N–H and O–H groups in total. The van der Waals surface area contributed by atoms with Crippen LogP contribution in [0.2, 0.25) is 0 Å². The van der Waals surface area contributed by atoms with E-state index in [4.69, 9.17) is 5.73 Å². The molecular formula is C22H34N2. The molecule has 3 aromatic rings. The molecule has 0 unspecified atom stereocenters. The summed E-state index contributed by atoms with van der Waals surface area (Å²) in [6, 6.07) is 18.7. The SMILES string of the molecule is C.C.CC.CC.Cc1cc2cc(-c3ccccc3)ccc2nc1N. The van der Waals surface area contributed by atoms with E-state index < -0.39 is 0 Å². The minimum Gasteiger partial charge on any atom is -0.383 e. The van der Waals surface area contributed by atoms with Crippen LogP contribution in [-0.2, 0) is 0 Å². The van der Waals surface area contributed by atoms with Gasteiger partial charge in [0.25, 0.3) is 0 Å². The van der Waals surface area contributed by atoms with Crippen molar-refractivity contribution in [2.45, 2.75) is 49.5 Å². The fraction of sp³-hybridized carbons (Fsp3) is 0.318. The van der Waals surface area contributed by atoms with Crippen LogP contribution in [0.3, 0.4) is 0 Å². The Hall–Kier alpha value is -2.35. The number of nitrogens with two attached hydrogens (primary N) is 1. The molecule has 0 saturated heterocycles. The molecule has 3 rings (SSSR count). The number of hydrogen-bond acceptors (Lipinski definition) is 2. The van der Waals surface area contributed by atoms with Crippen molar-refractivity contribution in [2.24, 2.45) is 0 Å². The Kier molecular flexibility index (Phi) is 12.1. The third kappa shape index (κ3) is 5.69. The van der Waals surface area contributed by atoms with Gasteiger partial charge in [-0.05, 0) is 41.8 Å². The minimum absolute atomic E-state index is 0. The lowest BCUT2D eigenvalue weighted by atomic mass is 10.0. The van der Waals surface area contributed by atoms with Gasteiger partial charge < -0.3 is 5.73 Å². The fourth-order valence-electron chi connectivity index (χ4n) is 2.11. The van der Waals surface area contributed by atoms with E-state index in [0.29, 0.717) is 5.82 Å². The Bertz CT molecular complexity index is 704. The number of hydrogen-bond donors (Lipinski definition) is 1. The lowest BCUT2D eigenvalue weighted by molar-refractivity contribution is 1.34. The second kappa shape index (κ2) is 12.1. The molecule has 1 heterocycles. The van der Waals surface area contributed by atoms with Gasteiger partial charge in [0.05, 0.1) is 5.52 Å². The van der Waals surface area contributed by atoms with Crippen LogP contribution in [0, 0.1) is 6.92 Å². The number of aromatic nitrogens is 1. The number of rotatable bonds is 1. The fourth-order valence-corrected chi connectivity index (χ4v) is 2.11. The number of aryl methyl sites for hydroxylation is 1. The Morgan fingerprint density at radius 1 is 0.750 bits per heavy atom. The normalized spacial score (nSPS) is 8.54. The Balaban J connectivity index is 0. The molecule has 2 aromatic carbocycles. The Morgan fingerprint density at radius 2 is 1.33 bits per heavy atom. The molecule has 0 aliphatic rings. The van der Waals surface area contributed by atoms with Gasteiger partial charge in [0.2, 0.25) is 0 Å². The number of nitrogen functional groups attached to an aromatic ring is 1. The van der Waals surface area contributed by atoms with E-state index in [9.17, 15) is 0 Å². The molecule has 0 saturated carbocycles. The predicted molar refractivity (Wildman–Crippen MR) is 112 cm³/mol. The van der Waals surface area contributed by atoms with Crippen molar-refractivity contribution in [1.29, 1.82) is 0 Å². The van der Waals surface area contributed by atoms with Gasteiger partial charge in [-0.3, -0.25) is 0 Å². The summed E-state index contributed by atoms with van der Waals surface area (Å²) in [5.74, 6) is 0.606. The summed E-state index contributed by atoms with van der Waals surface area (Å²) in [5.41, 5.74) is 10.2. The van der Waals surface area contributed by atoms with Crippen LogP contribution in [0.15, 0.2) is 54.6 Å². The molecule has 0 spiro atoms. The number of pyridine rings is 1. The largest absolute Gasteiger partial charge is 0.383 e. The van der Waals surface area contributed by atoms with E-state index in [-0.39, 0.29) is 14.9 Å². The number of fused-ring (bicyclic) bond motifs is 1. The standard InChI is InChI=1S/C16H14N2.2C2H6.2CH4/c1-11-9-14-10-13(12-5-3-2-4-6-12)7-8-15(14)18-16(11)17;2*1-2;;/h2-10H,1H3,(H2,17,18);2*1-2H3;2*1H4. The molecule has 2 nitrogen and oxygen atoms in total. The van der Waals surface area contributed by atoms with E-state index in [1.807, 2.05) is 58.9 Å². The Morgan fingerprint density at radius 3 is 1.92 bits per heavy atom. The average molecular weight is 327 g/mol. The minimum atomic E-state index is 0. The van der Waals surface area contributed by atoms with Crippen LogP contribution in [0.25, 0.3) is 22.0 Å². The van der Waals surface area contributed by atoms with Crippen molar-refractivity contribution in [2.75, 3.05) is 5.73 Å². The first-order valence-electron chi connectivity index (χ1n) is 7.96. The summed E-state index contributed by atoms with van der Waals surface area (Å²) in [4.78, 5) is 4.39. The summed E-state index contributed by atoms with van der Waals surface area (Å²) in [6.45, 7) is 9.98. The van der Waals surface area contributed by atoms with Crippen molar-refractivity contribution in [3.8, 4) is 11.1 Å². The Labute approximate surface area is 148 Å². The monoisotopic (exact) mass is 326 g/mol. The highest BCUT2D eigenvalue weighted by Crippen LogP contribution is 2.25. The third-order valence-corrected chi connectivity index (χ3v) is 3.15. The van der Waals surface area contributed by atoms with E-state index in [2.05, 4.69) is 35.3 Å². The summed E-state index contributed by atoms with van der Waals surface area (Å²) in [7, 11) is 0. The maximum absolute atomic E-state index is 5.82. The second-order valence-electron chi connectivity index (χ2n) is 4.46. The van der Waals surface area contributed by atoms with E-state index in [1.54, 1.807) is 0 Å². The first kappa shape index (κ1) is 23.9. The van der Waals surface area contributed by atoms with E-state index >= 15 is 0 Å². The molecule has 0 radical (unpaired) electrons. The lowest BCUT2D eigenvalue weighted by Crippen LogP contribution is -1.94. The predicted octanol–water partition coefficient (Wildman–Crippen LogP) is 7.12. The van der Waals surface area contributed by atoms with Gasteiger partial charge >= 0.3 is 0 Å². The van der Waals surface area contributed by atoms with Gasteiger partial charge in [0.1, 0.15) is 5.82 Å². The average Bonchev–Trinajstić information content (AvgIpc) is 2.60. The highest BCUT2D eigenvalue weighted by molar-refractivity contribution is 5.86. The molecule has 0 atom stereocenters. The third-order valence-electron chi connectivity index (χ3n) is 3.15. The quantitative estimate of drug-likeness (QED) is 0.517. The zero-order chi connectivity index (χ0) is 16.5. The van der Waals surface area contributed by atoms with E-state index in [0.717, 1.165) is 16.5 Å². The molecule has 24 heavy (non-hydrogen) atoms. The maximum Gasteiger partial charge on any atom is 0.127 e. The molecule has 2 heteroatoms. The van der Waals surface area contributed by atoms with Crippen LogP contribution < -0.4 is 5.73 Å². The van der Waals surface area contributed by atoms with Crippen molar-refractivity contribution >= 4 is 16.7 Å². The second-order valence-corrected chi connectivity index (χ2v) is 4.46. The van der Waals surface area contributed by atoms with Crippen LogP contribution in [0.5, 0.6) is 0 Å². The first-order valence-corrected chi connectivity index (χ1v) is 7.96. The number of anilines is 1. The molecule has 0 fully saturated rings. The lowest BCUT2D eigenvalue weighted by Gasteiger charge is -2.06. The van der Waals surface area contributed by atoms with Gasteiger partial charge in [-0.15, -0.1) is 0 Å². The van der Waals surface area contributed by atoms with Crippen molar-refractivity contribution < 1.29 is 0 Å². The van der Waals surface area contributed by atoms with Crippen LogP contribution in [-0.4, -0.2) is 4.98 Å². The zero-order valence-corrected chi connectivity index (χ0v) is 14.2. The zero-order valence-electron chi connectivity index (χ0n) is 14.2. The first-order chi connectivity index (χ1) is 10.7. The van der Waals surface area contributed by atoms with Crippen LogP contribution in [0.4, 0.5) is 5.82 Å². The molecule has 1 aromatic heterocycles. The maximum atomic E-state index is 5.82. The number of nitrogens with zero attached hydrogens (tertiary/aromatic N) is 1. The molecule has 0 aliphatic heterocycles. The van der Waals surface area contributed by atoms with Gasteiger partial charge in [0, 0.05) is 5.39 Å². The van der Waals surface area contributed by atoms with E-state index in [1.165, 1.54) is 11.1 Å². The van der Waals surface area contributed by atoms with Crippen molar-refractivity contribution in [3.63, 3.8) is 0 Å². The molecular weight excluding hydrogens is 292 g/mol. The van der Waals surface area contributed by atoms with Crippen molar-refractivity contribution in [3.05, 3.63) is 60.2 Å². The molecule has 0 amide bonds. The van der Waals surface area contributed by atoms with Crippen molar-refractivity contribution in [1.82, 2.24) is 4.98 Å². The smallest absolute Gasteiger partial charge is 0.127 e. The highest BCUT2D eigenvalue weighted by atomic mass is 14.8. The van der Waals surface area contributed by atoms with Crippen LogP contribution in [0.1, 0.15) is 48.1 Å². The number of benzene rings is 2. The molecule has 0 aliphatic carbocycles. The highest BCUT2D eigenvalue weighted by Gasteiger charge is 2.02. The van der Waals surface area contributed by atoms with Gasteiger partial charge in [-0.2, -0.15) is 0 Å². The topological polar surface area (TPSA) is 38.9 Å². The van der Waals surface area contributed by atoms with Gasteiger partial charge in [-0.1, -0.05) is 78.9 Å². The van der Waals surface area contributed by atoms with Gasteiger partial charge in [0.15, 0.2) is 0 Å². The summed E-state index contributed by atoms with van der Waals surface area (Å²) in [6.07, 6.45) is 0. The summed E-state index contributed by atoms with van der Waals surface area (Å²) >= 11 is 0.